The first-order valence-electron chi connectivity index (χ1n) is 13.0. The van der Waals surface area contributed by atoms with Crippen molar-refractivity contribution in [2.75, 3.05) is 29.5 Å². The Morgan fingerprint density at radius 1 is 0.805 bits per heavy atom. The minimum absolute atomic E-state index is 0. The molecule has 12 heteroatoms. The second-order valence-corrected chi connectivity index (χ2v) is 14.2. The Morgan fingerprint density at radius 2 is 1.37 bits per heavy atom. The predicted molar refractivity (Wildman–Crippen MR) is 152 cm³/mol. The molecule has 0 aliphatic carbocycles. The summed E-state index contributed by atoms with van der Waals surface area (Å²) in [5.74, 6) is -0.846. The molecular weight excluding hydrogens is 582 g/mol. The van der Waals surface area contributed by atoms with Crippen LogP contribution in [-0.4, -0.2) is 60.8 Å². The van der Waals surface area contributed by atoms with Gasteiger partial charge in [-0.15, -0.1) is 0 Å². The van der Waals surface area contributed by atoms with E-state index >= 15 is 0 Å². The number of fused-ring (bicyclic) bond motifs is 2. The van der Waals surface area contributed by atoms with E-state index in [1.807, 2.05) is 54.6 Å². The standard InChI is InChI=1S/C29H36N2O6S2.2Na/c1-28(2)22-12-5-7-14-24(22)30(18-10-20-38(32,33)34)26(28)16-9-17-27-29(3,4)23-13-6-8-15-25(23)31(27)19-11-21-39(35,36)37;;/h5-9,12-17H,10-11,18-21H2,1-4H3,(H-,32,33,34,35,36,37);;/q;2*+1/p-1. The van der Waals surface area contributed by atoms with Gasteiger partial charge < -0.3 is 14.0 Å². The van der Waals surface area contributed by atoms with E-state index in [4.69, 9.17) is 0 Å². The van der Waals surface area contributed by atoms with Gasteiger partial charge in [-0.25, -0.2) is 16.8 Å². The van der Waals surface area contributed by atoms with Gasteiger partial charge in [0.1, 0.15) is 6.54 Å². The number of para-hydroxylation sites is 2. The molecule has 2 aromatic rings. The van der Waals surface area contributed by atoms with Crippen molar-refractivity contribution in [3.05, 3.63) is 83.6 Å². The Labute approximate surface area is 288 Å². The minimum atomic E-state index is -4.31. The summed E-state index contributed by atoms with van der Waals surface area (Å²) >= 11 is 0. The largest absolute Gasteiger partial charge is 1.00 e. The molecule has 0 radical (unpaired) electrons. The van der Waals surface area contributed by atoms with Gasteiger partial charge in [-0.1, -0.05) is 56.3 Å². The van der Waals surface area contributed by atoms with E-state index in [2.05, 4.69) is 49.3 Å². The summed E-state index contributed by atoms with van der Waals surface area (Å²) in [4.78, 5) is 2.08. The van der Waals surface area contributed by atoms with Crippen LogP contribution in [0.15, 0.2) is 72.5 Å². The van der Waals surface area contributed by atoms with Gasteiger partial charge in [0.05, 0.1) is 25.7 Å². The molecule has 0 N–H and O–H groups in total. The van der Waals surface area contributed by atoms with Crippen LogP contribution in [0.4, 0.5) is 11.4 Å². The summed E-state index contributed by atoms with van der Waals surface area (Å²) in [6, 6.07) is 16.0. The van der Waals surface area contributed by atoms with Crippen LogP contribution in [-0.2, 0) is 31.1 Å². The van der Waals surface area contributed by atoms with E-state index in [9.17, 15) is 25.9 Å². The van der Waals surface area contributed by atoms with Crippen molar-refractivity contribution < 1.29 is 89.6 Å². The quantitative estimate of drug-likeness (QED) is 0.175. The van der Waals surface area contributed by atoms with Gasteiger partial charge >= 0.3 is 59.1 Å². The molecule has 0 spiro atoms. The molecule has 2 heterocycles. The average molecular weight is 618 g/mol. The molecule has 0 saturated heterocycles. The summed E-state index contributed by atoms with van der Waals surface area (Å²) in [5, 5.41) is 0. The molecule has 2 aromatic carbocycles. The zero-order chi connectivity index (χ0) is 28.6. The van der Waals surface area contributed by atoms with E-state index in [1.165, 1.54) is 0 Å². The van der Waals surface area contributed by atoms with Gasteiger partial charge in [0, 0.05) is 59.0 Å². The van der Waals surface area contributed by atoms with Crippen LogP contribution in [0.1, 0.15) is 51.7 Å². The summed E-state index contributed by atoms with van der Waals surface area (Å²) in [5.41, 5.74) is 5.51. The van der Waals surface area contributed by atoms with Crippen LogP contribution in [0.5, 0.6) is 0 Å². The van der Waals surface area contributed by atoms with Crippen LogP contribution >= 0.6 is 0 Å². The summed E-state index contributed by atoms with van der Waals surface area (Å²) in [6.45, 7) is 9.26. The van der Waals surface area contributed by atoms with E-state index in [0.29, 0.717) is 13.1 Å². The summed E-state index contributed by atoms with van der Waals surface area (Å²) in [7, 11) is -8.61. The molecule has 2 aliphatic heterocycles. The van der Waals surface area contributed by atoms with Crippen LogP contribution in [0.3, 0.4) is 0 Å². The van der Waals surface area contributed by atoms with E-state index in [1.54, 1.807) is 0 Å². The third kappa shape index (κ3) is 8.23. The molecule has 0 atom stereocenters. The van der Waals surface area contributed by atoms with Gasteiger partial charge in [0.2, 0.25) is 5.69 Å². The Bertz CT molecular complexity index is 1580. The SMILES string of the molecule is CC1(C)C(=CC=CC2=[N+](CCCS(=O)(=O)[O-])c3ccccc3C2(C)C)N(CCCS(=O)(=O)[O-])c2ccccc21.[Na+].[Na+]. The van der Waals surface area contributed by atoms with E-state index in [0.717, 1.165) is 33.9 Å². The van der Waals surface area contributed by atoms with Crippen LogP contribution < -0.4 is 64.0 Å². The van der Waals surface area contributed by atoms with Crippen molar-refractivity contribution in [2.45, 2.75) is 51.4 Å². The van der Waals surface area contributed by atoms with Gasteiger partial charge in [-0.05, 0) is 38.0 Å². The summed E-state index contributed by atoms with van der Waals surface area (Å²) < 4.78 is 69.5. The molecule has 0 saturated carbocycles. The van der Waals surface area contributed by atoms with Crippen molar-refractivity contribution in [3.8, 4) is 0 Å². The molecule has 8 nitrogen and oxygen atoms in total. The fraction of sp³-hybridized carbons (Fsp3) is 0.414. The normalized spacial score (nSPS) is 18.3. The fourth-order valence-corrected chi connectivity index (χ4v) is 6.76. The van der Waals surface area contributed by atoms with Crippen molar-refractivity contribution >= 4 is 37.3 Å². The van der Waals surface area contributed by atoms with Crippen molar-refractivity contribution in [3.63, 3.8) is 0 Å². The van der Waals surface area contributed by atoms with E-state index in [-0.39, 0.29) is 82.8 Å². The number of benzene rings is 2. The Kier molecular flexibility index (Phi) is 12.3. The van der Waals surface area contributed by atoms with Gasteiger partial charge in [0.15, 0.2) is 5.71 Å². The van der Waals surface area contributed by atoms with Gasteiger partial charge in [-0.2, -0.15) is 4.58 Å². The first kappa shape index (κ1) is 36.4. The minimum Gasteiger partial charge on any atom is -0.748 e. The maximum atomic E-state index is 11.2. The molecule has 41 heavy (non-hydrogen) atoms. The summed E-state index contributed by atoms with van der Waals surface area (Å²) in [6.07, 6.45) is 6.46. The van der Waals surface area contributed by atoms with Gasteiger partial charge in [0.25, 0.3) is 0 Å². The smallest absolute Gasteiger partial charge is 0.748 e. The Morgan fingerprint density at radius 3 is 2.00 bits per heavy atom. The molecular formula is C29H35N2Na2O6S2+. The number of rotatable bonds is 10. The first-order chi connectivity index (χ1) is 18.1. The van der Waals surface area contributed by atoms with Gasteiger partial charge in [-0.3, -0.25) is 0 Å². The molecule has 210 valence electrons. The number of allylic oxidation sites excluding steroid dienone is 4. The second kappa shape index (κ2) is 13.9. The van der Waals surface area contributed by atoms with Crippen LogP contribution in [0, 0.1) is 0 Å². The van der Waals surface area contributed by atoms with Crippen molar-refractivity contribution in [1.29, 1.82) is 0 Å². The van der Waals surface area contributed by atoms with Crippen molar-refractivity contribution in [2.24, 2.45) is 0 Å². The molecule has 4 rings (SSSR count). The third-order valence-electron chi connectivity index (χ3n) is 7.66. The molecule has 0 bridgehead atoms. The Balaban J connectivity index is 0.00000294. The maximum Gasteiger partial charge on any atom is 1.00 e. The Hall–Kier alpha value is -0.790. The number of anilines is 1. The molecule has 0 amide bonds. The second-order valence-electron chi connectivity index (χ2n) is 11.1. The number of nitrogens with zero attached hydrogens (tertiary/aromatic N) is 2. The first-order valence-corrected chi connectivity index (χ1v) is 16.2. The maximum absolute atomic E-state index is 11.2. The van der Waals surface area contributed by atoms with Crippen LogP contribution in [0.25, 0.3) is 0 Å². The molecule has 0 unspecified atom stereocenters. The molecule has 2 aliphatic rings. The average Bonchev–Trinajstić information content (AvgIpc) is 3.18. The van der Waals surface area contributed by atoms with Crippen LogP contribution in [0.2, 0.25) is 0 Å². The fourth-order valence-electron chi connectivity index (χ4n) is 5.79. The number of hydrogen-bond acceptors (Lipinski definition) is 7. The topological polar surface area (TPSA) is 121 Å². The third-order valence-corrected chi connectivity index (χ3v) is 9.24. The van der Waals surface area contributed by atoms with E-state index < -0.39 is 31.7 Å². The van der Waals surface area contributed by atoms with Crippen molar-refractivity contribution in [1.82, 2.24) is 0 Å². The molecule has 0 fully saturated rings. The number of hydrogen-bond donors (Lipinski definition) is 0. The zero-order valence-electron chi connectivity index (χ0n) is 24.8. The predicted octanol–water partition coefficient (Wildman–Crippen LogP) is -1.82. The zero-order valence-corrected chi connectivity index (χ0v) is 30.4. The monoisotopic (exact) mass is 617 g/mol. The molecule has 0 aromatic heterocycles.